The first kappa shape index (κ1) is 10.2. The number of ether oxygens (including phenoxy) is 1. The molecule has 1 saturated carbocycles. The van der Waals surface area contributed by atoms with Crippen molar-refractivity contribution in [1.82, 2.24) is 0 Å². The number of halogens is 3. The summed E-state index contributed by atoms with van der Waals surface area (Å²) < 4.78 is 42.3. The van der Waals surface area contributed by atoms with Crippen LogP contribution in [-0.2, 0) is 4.74 Å². The van der Waals surface area contributed by atoms with Crippen molar-refractivity contribution in [3.8, 4) is 0 Å². The largest absolute Gasteiger partial charge is 0.472 e. The molecule has 2 aliphatic rings. The fourth-order valence-corrected chi connectivity index (χ4v) is 1.50. The van der Waals surface area contributed by atoms with Crippen molar-refractivity contribution in [3.63, 3.8) is 0 Å². The van der Waals surface area contributed by atoms with Gasteiger partial charge in [0.15, 0.2) is 0 Å². The summed E-state index contributed by atoms with van der Waals surface area (Å²) in [6.45, 7) is 0.127. The molecule has 0 aromatic carbocycles. The summed E-state index contributed by atoms with van der Waals surface area (Å²) in [4.78, 5) is 0. The van der Waals surface area contributed by atoms with E-state index in [2.05, 4.69) is 5.11 Å². The van der Waals surface area contributed by atoms with Gasteiger partial charge in [-0.3, -0.25) is 0 Å². The molecule has 1 heterocycles. The van der Waals surface area contributed by atoms with Crippen LogP contribution in [0.4, 0.5) is 13.2 Å². The molecule has 0 aromatic heterocycles. The average Bonchev–Trinajstić information content (AvgIpc) is 2.98. The van der Waals surface area contributed by atoms with Gasteiger partial charge in [0, 0.05) is 0 Å². The first-order valence-electron chi connectivity index (χ1n) is 4.54. The average molecular weight is 218 g/mol. The minimum absolute atomic E-state index is 0.127. The molecule has 3 nitrogen and oxygen atoms in total. The smallest absolute Gasteiger partial charge is 0.421 e. The minimum atomic E-state index is -4.50. The van der Waals surface area contributed by atoms with E-state index in [1.807, 2.05) is 0 Å². The van der Waals surface area contributed by atoms with Crippen LogP contribution in [0.3, 0.4) is 0 Å². The Kier molecular flexibility index (Phi) is 2.28. The van der Waals surface area contributed by atoms with Crippen molar-refractivity contribution in [1.29, 1.82) is 5.53 Å². The summed E-state index contributed by atoms with van der Waals surface area (Å²) in [6, 6.07) is 0. The second-order valence-corrected chi connectivity index (χ2v) is 3.61. The van der Waals surface area contributed by atoms with E-state index in [0.717, 1.165) is 18.9 Å². The minimum Gasteiger partial charge on any atom is -0.472 e. The number of nitrogens with one attached hydrogen (secondary N) is 1. The molecule has 1 N–H and O–H groups in total. The molecule has 1 aliphatic carbocycles. The lowest BCUT2D eigenvalue weighted by Gasteiger charge is -2.19. The summed E-state index contributed by atoms with van der Waals surface area (Å²) in [5.74, 6) is -0.401. The molecular formula is C9H9F3N2O. The highest BCUT2D eigenvalue weighted by Gasteiger charge is 2.40. The Morgan fingerprint density at radius 3 is 2.53 bits per heavy atom. The van der Waals surface area contributed by atoms with Crippen LogP contribution in [0.5, 0.6) is 0 Å². The molecule has 15 heavy (non-hydrogen) atoms. The molecule has 0 amide bonds. The Morgan fingerprint density at radius 2 is 2.07 bits per heavy atom. The molecule has 82 valence electrons. The molecular weight excluding hydrogens is 209 g/mol. The third-order valence-electron chi connectivity index (χ3n) is 2.44. The van der Waals surface area contributed by atoms with Crippen LogP contribution < -0.4 is 0 Å². The summed E-state index contributed by atoms with van der Waals surface area (Å²) in [5, 5.41) is 2.75. The van der Waals surface area contributed by atoms with Crippen LogP contribution in [0.25, 0.3) is 0 Å². The van der Waals surface area contributed by atoms with E-state index in [9.17, 15) is 13.2 Å². The standard InChI is InChI=1S/C9H9F3N2O/c10-9(11,12)7-3-6(5-1-2-5)4-15-8(7)14-13/h3,5,13H,1-2,4H2. The van der Waals surface area contributed by atoms with Gasteiger partial charge in [-0.2, -0.15) is 13.2 Å². The third kappa shape index (κ3) is 2.03. The number of hydrogen-bond acceptors (Lipinski definition) is 3. The van der Waals surface area contributed by atoms with E-state index in [1.165, 1.54) is 0 Å². The fraction of sp³-hybridized carbons (Fsp3) is 0.556. The van der Waals surface area contributed by atoms with Gasteiger partial charge in [-0.1, -0.05) is 0 Å². The number of nitrogens with zero attached hydrogens (tertiary/aromatic N) is 1. The van der Waals surface area contributed by atoms with Gasteiger partial charge in [-0.15, -0.1) is 5.11 Å². The third-order valence-corrected chi connectivity index (χ3v) is 2.44. The second kappa shape index (κ2) is 3.36. The van der Waals surface area contributed by atoms with Crippen molar-refractivity contribution in [2.24, 2.45) is 11.0 Å². The predicted octanol–water partition coefficient (Wildman–Crippen LogP) is 3.16. The normalized spacial score (nSPS) is 22.2. The monoisotopic (exact) mass is 218 g/mol. The molecule has 1 aliphatic heterocycles. The molecule has 0 unspecified atom stereocenters. The molecule has 2 rings (SSSR count). The Morgan fingerprint density at radius 1 is 1.40 bits per heavy atom. The lowest BCUT2D eigenvalue weighted by atomic mass is 10.1. The number of allylic oxidation sites excluding steroid dienone is 2. The first-order chi connectivity index (χ1) is 7.02. The van der Waals surface area contributed by atoms with Crippen molar-refractivity contribution in [3.05, 3.63) is 23.1 Å². The molecule has 0 saturated heterocycles. The Bertz CT molecular complexity index is 353. The maximum absolute atomic E-state index is 12.5. The second-order valence-electron chi connectivity index (χ2n) is 3.61. The van der Waals surface area contributed by atoms with Gasteiger partial charge < -0.3 is 4.74 Å². The maximum Gasteiger partial charge on any atom is 0.421 e. The maximum atomic E-state index is 12.5. The molecule has 1 fully saturated rings. The topological polar surface area (TPSA) is 45.4 Å². The zero-order chi connectivity index (χ0) is 11.1. The van der Waals surface area contributed by atoms with Gasteiger partial charge in [0.05, 0.1) is 0 Å². The van der Waals surface area contributed by atoms with Crippen molar-refractivity contribution in [2.75, 3.05) is 6.61 Å². The van der Waals surface area contributed by atoms with Crippen molar-refractivity contribution < 1.29 is 17.9 Å². The van der Waals surface area contributed by atoms with Crippen LogP contribution in [0.15, 0.2) is 28.2 Å². The van der Waals surface area contributed by atoms with Crippen molar-refractivity contribution in [2.45, 2.75) is 19.0 Å². The SMILES string of the molecule is N=NC1=C(C(F)(F)F)C=C(C2CC2)CO1. The highest BCUT2D eigenvalue weighted by molar-refractivity contribution is 5.35. The van der Waals surface area contributed by atoms with Gasteiger partial charge in [-0.05, 0) is 30.4 Å². The Labute approximate surface area is 84.1 Å². The highest BCUT2D eigenvalue weighted by Crippen LogP contribution is 2.42. The molecule has 0 bridgehead atoms. The summed E-state index contributed by atoms with van der Waals surface area (Å²) in [6.07, 6.45) is -1.57. The van der Waals surface area contributed by atoms with Gasteiger partial charge in [-0.25, -0.2) is 5.53 Å². The molecule has 6 heteroatoms. The Balaban J connectivity index is 2.34. The van der Waals surface area contributed by atoms with Gasteiger partial charge in [0.2, 0.25) is 5.88 Å². The van der Waals surface area contributed by atoms with Gasteiger partial charge >= 0.3 is 6.18 Å². The van der Waals surface area contributed by atoms with E-state index >= 15 is 0 Å². The van der Waals surface area contributed by atoms with E-state index in [1.54, 1.807) is 0 Å². The molecule has 0 aromatic rings. The summed E-state index contributed by atoms with van der Waals surface area (Å²) in [5.41, 5.74) is 6.33. The molecule has 0 spiro atoms. The number of hydrogen-bond donors (Lipinski definition) is 1. The summed E-state index contributed by atoms with van der Waals surface area (Å²) >= 11 is 0. The predicted molar refractivity (Wildman–Crippen MR) is 45.0 cm³/mol. The summed E-state index contributed by atoms with van der Waals surface area (Å²) in [7, 11) is 0. The lowest BCUT2D eigenvalue weighted by Crippen LogP contribution is -2.18. The first-order valence-corrected chi connectivity index (χ1v) is 4.54. The fourth-order valence-electron chi connectivity index (χ4n) is 1.50. The van der Waals surface area contributed by atoms with E-state index in [0.29, 0.717) is 5.57 Å². The quantitative estimate of drug-likeness (QED) is 0.711. The number of rotatable bonds is 2. The van der Waals surface area contributed by atoms with Crippen LogP contribution in [-0.4, -0.2) is 12.8 Å². The van der Waals surface area contributed by atoms with E-state index < -0.39 is 17.6 Å². The van der Waals surface area contributed by atoms with Crippen LogP contribution in [0.1, 0.15) is 12.8 Å². The van der Waals surface area contributed by atoms with Crippen LogP contribution >= 0.6 is 0 Å². The van der Waals surface area contributed by atoms with Gasteiger partial charge in [0.25, 0.3) is 0 Å². The van der Waals surface area contributed by atoms with Crippen molar-refractivity contribution >= 4 is 0 Å². The molecule has 0 atom stereocenters. The van der Waals surface area contributed by atoms with Crippen LogP contribution in [0, 0.1) is 11.4 Å². The molecule has 0 radical (unpaired) electrons. The van der Waals surface area contributed by atoms with E-state index in [-0.39, 0.29) is 12.5 Å². The zero-order valence-electron chi connectivity index (χ0n) is 7.77. The Hall–Kier alpha value is -1.33. The lowest BCUT2D eigenvalue weighted by molar-refractivity contribution is -0.0928. The van der Waals surface area contributed by atoms with E-state index in [4.69, 9.17) is 10.3 Å². The van der Waals surface area contributed by atoms with Crippen LogP contribution in [0.2, 0.25) is 0 Å². The van der Waals surface area contributed by atoms with Gasteiger partial charge in [0.1, 0.15) is 12.2 Å². The zero-order valence-corrected chi connectivity index (χ0v) is 7.77. The number of alkyl halides is 3. The highest BCUT2D eigenvalue weighted by atomic mass is 19.4.